The van der Waals surface area contributed by atoms with Crippen LogP contribution in [-0.4, -0.2) is 33.2 Å². The number of hydrogen-bond acceptors (Lipinski definition) is 4. The van der Waals surface area contributed by atoms with E-state index in [-0.39, 0.29) is 18.0 Å². The van der Waals surface area contributed by atoms with Gasteiger partial charge in [0.1, 0.15) is 14.2 Å². The molecule has 0 aromatic heterocycles. The van der Waals surface area contributed by atoms with Crippen LogP contribution < -0.4 is 0 Å². The number of hydrogen-bond donors (Lipinski definition) is 0. The summed E-state index contributed by atoms with van der Waals surface area (Å²) >= 11 is 0. The van der Waals surface area contributed by atoms with Gasteiger partial charge in [0.15, 0.2) is 0 Å². The molecule has 3 atom stereocenters. The highest BCUT2D eigenvalue weighted by atomic mass is 28.3. The molecule has 3 aliphatic rings. The molecule has 2 bridgehead atoms. The zero-order valence-corrected chi connectivity index (χ0v) is 12.6. The number of carbonyl (C=O) groups is 2. The molecule has 1 aliphatic carbocycles. The third-order valence-corrected chi connectivity index (χ3v) is 4.10. The number of rotatable bonds is 1. The molecular formula is C14H18O4Si. The van der Waals surface area contributed by atoms with E-state index in [9.17, 15) is 9.59 Å². The zero-order chi connectivity index (χ0) is 14.2. The Morgan fingerprint density at radius 2 is 2.16 bits per heavy atom. The quantitative estimate of drug-likeness (QED) is 0.415. The lowest BCUT2D eigenvalue weighted by Gasteiger charge is -2.37. The average molecular weight is 278 g/mol. The van der Waals surface area contributed by atoms with Crippen molar-refractivity contribution < 1.29 is 19.1 Å². The summed E-state index contributed by atoms with van der Waals surface area (Å²) in [6.07, 6.45) is 1.88. The van der Waals surface area contributed by atoms with Crippen molar-refractivity contribution in [2.24, 2.45) is 11.8 Å². The van der Waals surface area contributed by atoms with Crippen molar-refractivity contribution in [1.29, 1.82) is 0 Å². The van der Waals surface area contributed by atoms with E-state index >= 15 is 0 Å². The Morgan fingerprint density at radius 1 is 1.47 bits per heavy atom. The summed E-state index contributed by atoms with van der Waals surface area (Å²) in [4.78, 5) is 23.4. The molecule has 1 fully saturated rings. The fourth-order valence-electron chi connectivity index (χ4n) is 2.26. The Hall–Kier alpha value is -1.54. The highest BCUT2D eigenvalue weighted by Gasteiger charge is 2.47. The van der Waals surface area contributed by atoms with Crippen LogP contribution in [0.25, 0.3) is 0 Å². The third kappa shape index (κ3) is 2.90. The van der Waals surface area contributed by atoms with Crippen molar-refractivity contribution in [3.8, 4) is 11.5 Å². The van der Waals surface area contributed by atoms with Gasteiger partial charge in [-0.1, -0.05) is 31.6 Å². The molecule has 2 aliphatic heterocycles. The fourth-order valence-corrected chi connectivity index (χ4v) is 2.78. The molecule has 0 amide bonds. The largest absolute Gasteiger partial charge is 0.469 e. The summed E-state index contributed by atoms with van der Waals surface area (Å²) in [5.41, 5.74) is 4.10. The number of fused-ring (bicyclic) bond motifs is 2. The third-order valence-electron chi connectivity index (χ3n) is 3.22. The van der Waals surface area contributed by atoms with Crippen LogP contribution in [-0.2, 0) is 19.1 Å². The van der Waals surface area contributed by atoms with Crippen molar-refractivity contribution in [3.05, 3.63) is 11.6 Å². The Labute approximate surface area is 114 Å². The molecule has 0 aromatic carbocycles. The number of carbonyl (C=O) groups excluding carboxylic acids is 2. The predicted octanol–water partition coefficient (Wildman–Crippen LogP) is 1.53. The molecule has 102 valence electrons. The van der Waals surface area contributed by atoms with Crippen LogP contribution in [0, 0.1) is 23.3 Å². The second-order valence-corrected chi connectivity index (χ2v) is 10.7. The normalized spacial score (nSPS) is 28.9. The smallest absolute Gasteiger partial charge is 0.314 e. The van der Waals surface area contributed by atoms with Crippen LogP contribution in [0.15, 0.2) is 11.6 Å². The van der Waals surface area contributed by atoms with E-state index in [1.54, 1.807) is 6.08 Å². The second-order valence-electron chi connectivity index (χ2n) is 5.94. The predicted molar refractivity (Wildman–Crippen MR) is 72.7 cm³/mol. The van der Waals surface area contributed by atoms with Crippen LogP contribution in [0.4, 0.5) is 0 Å². The molecule has 2 heterocycles. The van der Waals surface area contributed by atoms with Crippen molar-refractivity contribution in [2.75, 3.05) is 7.11 Å². The second kappa shape index (κ2) is 4.86. The first-order chi connectivity index (χ1) is 8.81. The standard InChI is InChI=1S/C14H18O4Si/c1-17-13(15)11-8-12-9(5-6-19(2,3)4)7-10(11)14(16)18-12/h7,10-12H,8H2,1-4H3/t10-,11-,12-/m0/s1. The SMILES string of the molecule is COC(=O)[C@H]1C[C@@H]2OC(=O)[C@H]1C=C2C#C[Si](C)(C)C. The first kappa shape index (κ1) is 13.9. The van der Waals surface area contributed by atoms with Crippen molar-refractivity contribution in [1.82, 2.24) is 0 Å². The number of esters is 2. The Balaban J connectivity index is 2.27. The zero-order valence-electron chi connectivity index (χ0n) is 11.6. The maximum Gasteiger partial charge on any atom is 0.314 e. The molecule has 0 unspecified atom stereocenters. The Bertz CT molecular complexity index is 504. The van der Waals surface area contributed by atoms with E-state index in [0.29, 0.717) is 6.42 Å². The highest BCUT2D eigenvalue weighted by Crippen LogP contribution is 2.38. The summed E-state index contributed by atoms with van der Waals surface area (Å²) in [5.74, 6) is 1.48. The highest BCUT2D eigenvalue weighted by molar-refractivity contribution is 6.83. The van der Waals surface area contributed by atoms with Gasteiger partial charge in [-0.05, 0) is 0 Å². The van der Waals surface area contributed by atoms with E-state index in [1.165, 1.54) is 7.11 Å². The van der Waals surface area contributed by atoms with E-state index < -0.39 is 19.9 Å². The summed E-state index contributed by atoms with van der Waals surface area (Å²) in [6, 6.07) is 0. The molecule has 0 saturated carbocycles. The van der Waals surface area contributed by atoms with Gasteiger partial charge in [0.25, 0.3) is 0 Å². The molecule has 5 heteroatoms. The average Bonchev–Trinajstić information content (AvgIpc) is 2.34. The van der Waals surface area contributed by atoms with Gasteiger partial charge in [-0.2, -0.15) is 0 Å². The summed E-state index contributed by atoms with van der Waals surface area (Å²) in [6.45, 7) is 6.47. The van der Waals surface area contributed by atoms with Crippen molar-refractivity contribution in [3.63, 3.8) is 0 Å². The summed E-state index contributed by atoms with van der Waals surface area (Å²) < 4.78 is 10.0. The lowest BCUT2D eigenvalue weighted by molar-refractivity contribution is -0.170. The molecular weight excluding hydrogens is 260 g/mol. The molecule has 1 saturated heterocycles. The molecule has 3 rings (SSSR count). The molecule has 19 heavy (non-hydrogen) atoms. The van der Waals surface area contributed by atoms with E-state index in [1.807, 2.05) is 0 Å². The first-order valence-electron chi connectivity index (χ1n) is 6.35. The van der Waals surface area contributed by atoms with Gasteiger partial charge in [-0.15, -0.1) is 5.54 Å². The molecule has 0 radical (unpaired) electrons. The van der Waals surface area contributed by atoms with E-state index in [4.69, 9.17) is 9.47 Å². The van der Waals surface area contributed by atoms with Gasteiger partial charge in [-0.25, -0.2) is 0 Å². The van der Waals surface area contributed by atoms with Crippen LogP contribution >= 0.6 is 0 Å². The van der Waals surface area contributed by atoms with Crippen LogP contribution in [0.1, 0.15) is 6.42 Å². The topological polar surface area (TPSA) is 52.6 Å². The van der Waals surface area contributed by atoms with Gasteiger partial charge in [0.2, 0.25) is 0 Å². The lowest BCUT2D eigenvalue weighted by atomic mass is 9.77. The minimum atomic E-state index is -1.47. The Morgan fingerprint density at radius 3 is 2.68 bits per heavy atom. The van der Waals surface area contributed by atoms with Gasteiger partial charge in [0, 0.05) is 12.0 Å². The van der Waals surface area contributed by atoms with E-state index in [0.717, 1.165) is 5.57 Å². The lowest BCUT2D eigenvalue weighted by Crippen LogP contribution is -2.45. The molecule has 0 aromatic rings. The van der Waals surface area contributed by atoms with Crippen molar-refractivity contribution in [2.45, 2.75) is 32.2 Å². The monoisotopic (exact) mass is 278 g/mol. The van der Waals surface area contributed by atoms with Gasteiger partial charge in [-0.3, -0.25) is 9.59 Å². The first-order valence-corrected chi connectivity index (χ1v) is 9.85. The van der Waals surface area contributed by atoms with Crippen LogP contribution in [0.3, 0.4) is 0 Å². The fraction of sp³-hybridized carbons (Fsp3) is 0.571. The maximum absolute atomic E-state index is 11.7. The molecule has 0 N–H and O–H groups in total. The Kier molecular flexibility index (Phi) is 3.55. The van der Waals surface area contributed by atoms with Crippen LogP contribution in [0.2, 0.25) is 19.6 Å². The molecule has 0 spiro atoms. The number of ether oxygens (including phenoxy) is 2. The van der Waals surface area contributed by atoms with Gasteiger partial charge >= 0.3 is 11.9 Å². The summed E-state index contributed by atoms with van der Waals surface area (Å²) in [7, 11) is -0.127. The minimum Gasteiger partial charge on any atom is -0.469 e. The van der Waals surface area contributed by atoms with Crippen molar-refractivity contribution >= 4 is 20.0 Å². The number of methoxy groups -OCH3 is 1. The van der Waals surface area contributed by atoms with E-state index in [2.05, 4.69) is 31.1 Å². The van der Waals surface area contributed by atoms with Crippen LogP contribution in [0.5, 0.6) is 0 Å². The van der Waals surface area contributed by atoms with Gasteiger partial charge < -0.3 is 9.47 Å². The minimum absolute atomic E-state index is 0.342. The summed E-state index contributed by atoms with van der Waals surface area (Å²) in [5, 5.41) is 0. The van der Waals surface area contributed by atoms with Gasteiger partial charge in [0.05, 0.1) is 18.9 Å². The maximum atomic E-state index is 11.7. The molecule has 4 nitrogen and oxygen atoms in total.